The van der Waals surface area contributed by atoms with Crippen molar-refractivity contribution in [2.24, 2.45) is 4.99 Å². The van der Waals surface area contributed by atoms with Gasteiger partial charge in [-0.2, -0.15) is 0 Å². The normalized spacial score (nSPS) is 11.8. The lowest BCUT2D eigenvalue weighted by molar-refractivity contribution is 0.295. The van der Waals surface area contributed by atoms with Crippen molar-refractivity contribution < 1.29 is 8.42 Å². The lowest BCUT2D eigenvalue weighted by Crippen LogP contribution is -2.38. The van der Waals surface area contributed by atoms with Gasteiger partial charge in [0.15, 0.2) is 15.8 Å². The van der Waals surface area contributed by atoms with Crippen LogP contribution in [-0.2, 0) is 29.3 Å². The second kappa shape index (κ2) is 13.7. The highest BCUT2D eigenvalue weighted by atomic mass is 127. The lowest BCUT2D eigenvalue weighted by Gasteiger charge is -2.20. The van der Waals surface area contributed by atoms with E-state index in [1.807, 2.05) is 12.1 Å². The Kier molecular flexibility index (Phi) is 12.1. The molecular weight excluding hydrogens is 523 g/mol. The molecule has 6 nitrogen and oxygen atoms in total. The molecule has 0 amide bonds. The van der Waals surface area contributed by atoms with Gasteiger partial charge < -0.3 is 10.6 Å². The number of sulfone groups is 1. The van der Waals surface area contributed by atoms with Crippen molar-refractivity contribution in [3.05, 3.63) is 65.2 Å². The van der Waals surface area contributed by atoms with Crippen LogP contribution in [-0.4, -0.2) is 52.2 Å². The molecule has 0 aliphatic carbocycles. The molecule has 0 bridgehead atoms. The Morgan fingerprint density at radius 3 is 2.13 bits per heavy atom. The van der Waals surface area contributed by atoms with Crippen LogP contribution in [0.15, 0.2) is 58.4 Å². The maximum absolute atomic E-state index is 11.6. The van der Waals surface area contributed by atoms with Gasteiger partial charge in [0.25, 0.3) is 0 Å². The number of hydrogen-bond donors (Lipinski definition) is 2. The predicted octanol–water partition coefficient (Wildman–Crippen LogP) is 3.46. The van der Waals surface area contributed by atoms with Crippen LogP contribution in [0.3, 0.4) is 0 Å². The molecule has 0 aromatic heterocycles. The first-order chi connectivity index (χ1) is 14.4. The zero-order valence-electron chi connectivity index (χ0n) is 18.9. The minimum Gasteiger partial charge on any atom is -0.356 e. The molecule has 31 heavy (non-hydrogen) atoms. The third-order valence-corrected chi connectivity index (χ3v) is 6.26. The van der Waals surface area contributed by atoms with Gasteiger partial charge in [0, 0.05) is 32.9 Å². The van der Waals surface area contributed by atoms with E-state index in [1.165, 1.54) is 17.4 Å². The molecule has 0 fully saturated rings. The summed E-state index contributed by atoms with van der Waals surface area (Å²) in [5.74, 6) is 0.750. The third kappa shape index (κ3) is 9.16. The minimum absolute atomic E-state index is 0. The quantitative estimate of drug-likeness (QED) is 0.266. The fourth-order valence-electron chi connectivity index (χ4n) is 3.20. The van der Waals surface area contributed by atoms with Crippen LogP contribution in [0.2, 0.25) is 0 Å². The fourth-order valence-corrected chi connectivity index (χ4v) is 3.83. The van der Waals surface area contributed by atoms with Crippen molar-refractivity contribution in [1.82, 2.24) is 15.5 Å². The van der Waals surface area contributed by atoms with Gasteiger partial charge >= 0.3 is 0 Å². The van der Waals surface area contributed by atoms with Crippen molar-refractivity contribution in [2.75, 3.05) is 32.9 Å². The van der Waals surface area contributed by atoms with E-state index in [0.29, 0.717) is 18.0 Å². The minimum atomic E-state index is -3.15. The number of nitrogens with zero attached hydrogens (tertiary/aromatic N) is 2. The number of guanidine groups is 1. The molecule has 2 aromatic rings. The third-order valence-electron chi connectivity index (χ3n) is 5.13. The average Bonchev–Trinajstić information content (AvgIpc) is 2.74. The summed E-state index contributed by atoms with van der Waals surface area (Å²) in [7, 11) is -1.39. The zero-order valence-corrected chi connectivity index (χ0v) is 22.0. The van der Waals surface area contributed by atoms with E-state index in [1.54, 1.807) is 19.2 Å². The van der Waals surface area contributed by atoms with E-state index >= 15 is 0 Å². The van der Waals surface area contributed by atoms with Crippen LogP contribution >= 0.6 is 24.0 Å². The number of rotatable bonds is 10. The molecule has 0 saturated carbocycles. The van der Waals surface area contributed by atoms with Crippen molar-refractivity contribution in [3.63, 3.8) is 0 Å². The van der Waals surface area contributed by atoms with Gasteiger partial charge in [-0.15, -0.1) is 24.0 Å². The Balaban J connectivity index is 0.00000480. The second-order valence-corrected chi connectivity index (χ2v) is 9.26. The van der Waals surface area contributed by atoms with Gasteiger partial charge in [-0.1, -0.05) is 50.2 Å². The predicted molar refractivity (Wildman–Crippen MR) is 140 cm³/mol. The molecule has 2 aromatic carbocycles. The van der Waals surface area contributed by atoms with Crippen LogP contribution in [0, 0.1) is 0 Å². The summed E-state index contributed by atoms with van der Waals surface area (Å²) < 4.78 is 23.1. The molecule has 0 aliphatic rings. The first-order valence-electron chi connectivity index (χ1n) is 10.4. The fraction of sp³-hybridized carbons (Fsp3) is 0.435. The molecule has 0 heterocycles. The second-order valence-electron chi connectivity index (χ2n) is 7.25. The van der Waals surface area contributed by atoms with E-state index in [-0.39, 0.29) is 24.0 Å². The van der Waals surface area contributed by atoms with Crippen LogP contribution in [0.4, 0.5) is 0 Å². The van der Waals surface area contributed by atoms with Gasteiger partial charge in [-0.05, 0) is 48.3 Å². The van der Waals surface area contributed by atoms with Crippen molar-refractivity contribution in [1.29, 1.82) is 0 Å². The van der Waals surface area contributed by atoms with Crippen LogP contribution in [0.5, 0.6) is 0 Å². The topological polar surface area (TPSA) is 73.8 Å². The van der Waals surface area contributed by atoms with Crippen molar-refractivity contribution >= 4 is 39.8 Å². The van der Waals surface area contributed by atoms with Gasteiger partial charge in [0.05, 0.1) is 4.90 Å². The molecule has 2 N–H and O–H groups in total. The number of hydrogen-bond acceptors (Lipinski definition) is 4. The first-order valence-corrected chi connectivity index (χ1v) is 12.3. The Labute approximate surface area is 204 Å². The van der Waals surface area contributed by atoms with Gasteiger partial charge in [0.2, 0.25) is 0 Å². The maximum Gasteiger partial charge on any atom is 0.191 e. The average molecular weight is 559 g/mol. The molecule has 172 valence electrons. The van der Waals surface area contributed by atoms with E-state index in [9.17, 15) is 8.42 Å². The summed E-state index contributed by atoms with van der Waals surface area (Å²) in [4.78, 5) is 7.06. The van der Waals surface area contributed by atoms with E-state index in [4.69, 9.17) is 0 Å². The first kappa shape index (κ1) is 27.4. The Morgan fingerprint density at radius 1 is 0.968 bits per heavy atom. The number of halogens is 1. The summed E-state index contributed by atoms with van der Waals surface area (Å²) in [5, 5.41) is 6.72. The molecular formula is C23H35IN4O2S. The zero-order chi connectivity index (χ0) is 22.0. The van der Waals surface area contributed by atoms with Crippen LogP contribution in [0.1, 0.15) is 30.5 Å². The van der Waals surface area contributed by atoms with Crippen LogP contribution < -0.4 is 10.6 Å². The molecule has 0 unspecified atom stereocenters. The van der Waals surface area contributed by atoms with Gasteiger partial charge in [-0.3, -0.25) is 9.89 Å². The standard InChI is InChI=1S/C23H34N4O2S.HI/c1-5-27(6-2)18-21-10-8-7-9-20(21)17-26-23(24-3)25-16-15-19-11-13-22(14-12-19)30(4,28)29;/h7-14H,5-6,15-18H2,1-4H3,(H2,24,25,26);1H. The summed E-state index contributed by atoms with van der Waals surface area (Å²) in [5.41, 5.74) is 3.67. The highest BCUT2D eigenvalue weighted by Crippen LogP contribution is 2.12. The summed E-state index contributed by atoms with van der Waals surface area (Å²) in [6, 6.07) is 15.5. The highest BCUT2D eigenvalue weighted by Gasteiger charge is 2.08. The highest BCUT2D eigenvalue weighted by molar-refractivity contribution is 14.0. The van der Waals surface area contributed by atoms with E-state index in [0.717, 1.165) is 37.6 Å². The molecule has 0 spiro atoms. The molecule has 2 rings (SSSR count). The summed E-state index contributed by atoms with van der Waals surface area (Å²) in [6.45, 7) is 8.80. The molecule has 0 atom stereocenters. The van der Waals surface area contributed by atoms with Crippen LogP contribution in [0.25, 0.3) is 0 Å². The SMILES string of the molecule is CCN(CC)Cc1ccccc1CNC(=NC)NCCc1ccc(S(C)(=O)=O)cc1.I. The van der Waals surface area contributed by atoms with Gasteiger partial charge in [0.1, 0.15) is 0 Å². The van der Waals surface area contributed by atoms with Gasteiger partial charge in [-0.25, -0.2) is 8.42 Å². The van der Waals surface area contributed by atoms with Crippen molar-refractivity contribution in [2.45, 2.75) is 38.3 Å². The Bertz CT molecular complexity index is 927. The summed E-state index contributed by atoms with van der Waals surface area (Å²) in [6.07, 6.45) is 2.00. The Morgan fingerprint density at radius 2 is 1.58 bits per heavy atom. The van der Waals surface area contributed by atoms with E-state index < -0.39 is 9.84 Å². The molecule has 0 aliphatic heterocycles. The summed E-state index contributed by atoms with van der Waals surface area (Å²) >= 11 is 0. The number of aliphatic imine (C=N–C) groups is 1. The monoisotopic (exact) mass is 558 g/mol. The van der Waals surface area contributed by atoms with E-state index in [2.05, 4.69) is 58.6 Å². The largest absolute Gasteiger partial charge is 0.356 e. The Hall–Kier alpha value is -1.65. The van der Waals surface area contributed by atoms with Crippen molar-refractivity contribution in [3.8, 4) is 0 Å². The smallest absolute Gasteiger partial charge is 0.191 e. The lowest BCUT2D eigenvalue weighted by atomic mass is 10.1. The number of nitrogens with one attached hydrogen (secondary N) is 2. The maximum atomic E-state index is 11.6. The molecule has 0 saturated heterocycles. The molecule has 8 heteroatoms. The molecule has 0 radical (unpaired) electrons. The number of benzene rings is 2.